The van der Waals surface area contributed by atoms with Gasteiger partial charge in [0.05, 0.1) is 0 Å². The summed E-state index contributed by atoms with van der Waals surface area (Å²) in [5.74, 6) is 0.317. The van der Waals surface area contributed by atoms with Crippen LogP contribution in [0.25, 0.3) is 0 Å². The summed E-state index contributed by atoms with van der Waals surface area (Å²) >= 11 is 5.88. The predicted octanol–water partition coefficient (Wildman–Crippen LogP) is 3.27. The Balaban J connectivity index is 2.09. The molecular formula is C14H17ClFNO. The van der Waals surface area contributed by atoms with Gasteiger partial charge < -0.3 is 5.32 Å². The van der Waals surface area contributed by atoms with Gasteiger partial charge in [0.15, 0.2) is 0 Å². The molecule has 1 aromatic carbocycles. The van der Waals surface area contributed by atoms with Crippen molar-refractivity contribution in [1.29, 1.82) is 0 Å². The third-order valence-corrected chi connectivity index (χ3v) is 4.01. The zero-order chi connectivity index (χ0) is 13.1. The molecule has 0 bridgehead atoms. The molecule has 1 aliphatic carbocycles. The van der Waals surface area contributed by atoms with E-state index in [1.165, 1.54) is 12.1 Å². The zero-order valence-electron chi connectivity index (χ0n) is 10.4. The molecule has 4 heteroatoms. The predicted molar refractivity (Wildman–Crippen MR) is 70.5 cm³/mol. The van der Waals surface area contributed by atoms with Crippen LogP contribution in [0.1, 0.15) is 35.2 Å². The van der Waals surface area contributed by atoms with Crippen molar-refractivity contribution in [2.24, 2.45) is 5.92 Å². The van der Waals surface area contributed by atoms with Crippen LogP contribution in [-0.2, 0) is 0 Å². The summed E-state index contributed by atoms with van der Waals surface area (Å²) in [7, 11) is 0. The summed E-state index contributed by atoms with van der Waals surface area (Å²) in [5, 5.41) is 2.97. The van der Waals surface area contributed by atoms with Crippen LogP contribution < -0.4 is 5.32 Å². The molecule has 0 heterocycles. The van der Waals surface area contributed by atoms with E-state index in [9.17, 15) is 9.18 Å². The minimum Gasteiger partial charge on any atom is -0.349 e. The van der Waals surface area contributed by atoms with Gasteiger partial charge in [-0.25, -0.2) is 4.39 Å². The molecule has 1 aromatic rings. The van der Waals surface area contributed by atoms with E-state index in [1.54, 1.807) is 6.07 Å². The smallest absolute Gasteiger partial charge is 0.251 e. The number of nitrogens with one attached hydrogen (secondary N) is 1. The Kier molecular flexibility index (Phi) is 4.23. The van der Waals surface area contributed by atoms with Crippen LogP contribution in [0.5, 0.6) is 0 Å². The summed E-state index contributed by atoms with van der Waals surface area (Å²) in [5.41, 5.74) is 1.20. The van der Waals surface area contributed by atoms with Crippen molar-refractivity contribution in [3.05, 3.63) is 35.1 Å². The molecule has 0 radical (unpaired) electrons. The average molecular weight is 270 g/mol. The Bertz CT molecular complexity index is 449. The Morgan fingerprint density at radius 1 is 1.50 bits per heavy atom. The largest absolute Gasteiger partial charge is 0.349 e. The van der Waals surface area contributed by atoms with Gasteiger partial charge in [-0.3, -0.25) is 4.79 Å². The Hall–Kier alpha value is -1.09. The second kappa shape index (κ2) is 5.70. The molecule has 1 saturated carbocycles. The number of alkyl halides is 1. The first-order valence-corrected chi connectivity index (χ1v) is 6.78. The molecule has 0 aromatic heterocycles. The molecule has 2 unspecified atom stereocenters. The van der Waals surface area contributed by atoms with Gasteiger partial charge in [-0.2, -0.15) is 0 Å². The first kappa shape index (κ1) is 13.3. The third-order valence-electron chi connectivity index (χ3n) is 3.62. The minimum atomic E-state index is -0.383. The number of carbonyl (C=O) groups excluding carboxylic acids is 1. The van der Waals surface area contributed by atoms with Crippen LogP contribution in [-0.4, -0.2) is 17.8 Å². The highest BCUT2D eigenvalue weighted by Crippen LogP contribution is 2.27. The van der Waals surface area contributed by atoms with Crippen molar-refractivity contribution in [2.75, 3.05) is 5.88 Å². The number of aryl methyl sites for hydroxylation is 1. The number of halogens is 2. The molecule has 0 aliphatic heterocycles. The lowest BCUT2D eigenvalue weighted by molar-refractivity contribution is 0.0929. The molecule has 1 N–H and O–H groups in total. The van der Waals surface area contributed by atoms with Gasteiger partial charge in [0.2, 0.25) is 0 Å². The van der Waals surface area contributed by atoms with Crippen molar-refractivity contribution in [3.8, 4) is 0 Å². The van der Waals surface area contributed by atoms with Gasteiger partial charge in [-0.05, 0) is 43.4 Å². The van der Waals surface area contributed by atoms with E-state index in [2.05, 4.69) is 5.32 Å². The summed E-state index contributed by atoms with van der Waals surface area (Å²) in [6.07, 6.45) is 3.10. The molecule has 1 amide bonds. The van der Waals surface area contributed by atoms with Crippen molar-refractivity contribution in [1.82, 2.24) is 5.32 Å². The van der Waals surface area contributed by atoms with Crippen LogP contribution in [0.3, 0.4) is 0 Å². The maximum atomic E-state index is 13.2. The topological polar surface area (TPSA) is 29.1 Å². The molecule has 0 spiro atoms. The fourth-order valence-corrected chi connectivity index (χ4v) is 2.87. The monoisotopic (exact) mass is 269 g/mol. The Morgan fingerprint density at radius 2 is 2.28 bits per heavy atom. The molecule has 2 nitrogen and oxygen atoms in total. The lowest BCUT2D eigenvalue weighted by Gasteiger charge is -2.19. The fourth-order valence-electron chi connectivity index (χ4n) is 2.50. The van der Waals surface area contributed by atoms with Crippen molar-refractivity contribution >= 4 is 17.5 Å². The van der Waals surface area contributed by atoms with Gasteiger partial charge >= 0.3 is 0 Å². The number of amides is 1. The summed E-state index contributed by atoms with van der Waals surface area (Å²) < 4.78 is 13.2. The van der Waals surface area contributed by atoms with E-state index < -0.39 is 0 Å². The third kappa shape index (κ3) is 2.83. The first-order valence-electron chi connectivity index (χ1n) is 6.25. The van der Waals surface area contributed by atoms with E-state index in [0.29, 0.717) is 17.4 Å². The van der Waals surface area contributed by atoms with Gasteiger partial charge in [-0.1, -0.05) is 12.5 Å². The molecule has 0 saturated heterocycles. The fraction of sp³-hybridized carbons (Fsp3) is 0.500. The van der Waals surface area contributed by atoms with Gasteiger partial charge in [0.1, 0.15) is 5.82 Å². The van der Waals surface area contributed by atoms with Crippen LogP contribution in [0.2, 0.25) is 0 Å². The van der Waals surface area contributed by atoms with Crippen molar-refractivity contribution < 1.29 is 9.18 Å². The maximum Gasteiger partial charge on any atom is 0.251 e. The maximum absolute atomic E-state index is 13.2. The van der Waals surface area contributed by atoms with E-state index in [4.69, 9.17) is 11.6 Å². The lowest BCUT2D eigenvalue weighted by Crippen LogP contribution is -2.38. The van der Waals surface area contributed by atoms with E-state index in [1.807, 2.05) is 6.92 Å². The summed E-state index contributed by atoms with van der Waals surface area (Å²) in [4.78, 5) is 12.1. The Morgan fingerprint density at radius 3 is 3.00 bits per heavy atom. The lowest BCUT2D eigenvalue weighted by atomic mass is 10.0. The highest BCUT2D eigenvalue weighted by Gasteiger charge is 2.28. The van der Waals surface area contributed by atoms with Crippen LogP contribution in [0.4, 0.5) is 4.39 Å². The molecule has 1 aliphatic rings. The SMILES string of the molecule is Cc1ccc(F)cc1C(=O)NC1CCCC1CCl. The van der Waals surface area contributed by atoms with Crippen molar-refractivity contribution in [3.63, 3.8) is 0 Å². The molecule has 2 rings (SSSR count). The summed E-state index contributed by atoms with van der Waals surface area (Å²) in [6.45, 7) is 1.81. The van der Waals surface area contributed by atoms with Crippen LogP contribution in [0.15, 0.2) is 18.2 Å². The molecule has 98 valence electrons. The van der Waals surface area contributed by atoms with Gasteiger partial charge in [0, 0.05) is 17.5 Å². The number of carbonyl (C=O) groups is 1. The van der Waals surface area contributed by atoms with Crippen LogP contribution in [0, 0.1) is 18.7 Å². The molecular weight excluding hydrogens is 253 g/mol. The second-order valence-electron chi connectivity index (χ2n) is 4.88. The van der Waals surface area contributed by atoms with Crippen molar-refractivity contribution in [2.45, 2.75) is 32.2 Å². The minimum absolute atomic E-state index is 0.123. The average Bonchev–Trinajstić information content (AvgIpc) is 2.79. The highest BCUT2D eigenvalue weighted by molar-refractivity contribution is 6.18. The number of hydrogen-bond acceptors (Lipinski definition) is 1. The second-order valence-corrected chi connectivity index (χ2v) is 5.19. The normalized spacial score (nSPS) is 23.1. The number of rotatable bonds is 3. The molecule has 2 atom stereocenters. The number of benzene rings is 1. The molecule has 18 heavy (non-hydrogen) atoms. The standard InChI is InChI=1S/C14H17ClFNO/c1-9-5-6-11(16)7-12(9)14(18)17-13-4-2-3-10(13)8-15/h5-7,10,13H,2-4,8H2,1H3,(H,17,18). The van der Waals surface area contributed by atoms with E-state index in [0.717, 1.165) is 24.8 Å². The van der Waals surface area contributed by atoms with Crippen LogP contribution >= 0.6 is 11.6 Å². The number of hydrogen-bond donors (Lipinski definition) is 1. The van der Waals surface area contributed by atoms with E-state index in [-0.39, 0.29) is 17.8 Å². The first-order chi connectivity index (χ1) is 8.61. The highest BCUT2D eigenvalue weighted by atomic mass is 35.5. The van der Waals surface area contributed by atoms with E-state index >= 15 is 0 Å². The van der Waals surface area contributed by atoms with Gasteiger partial charge in [0.25, 0.3) is 5.91 Å². The molecule has 1 fully saturated rings. The quantitative estimate of drug-likeness (QED) is 0.839. The summed E-state index contributed by atoms with van der Waals surface area (Å²) in [6, 6.07) is 4.40. The zero-order valence-corrected chi connectivity index (χ0v) is 11.1. The van der Waals surface area contributed by atoms with Gasteiger partial charge in [-0.15, -0.1) is 11.6 Å². The Labute approximate surface area is 112 Å².